The highest BCUT2D eigenvalue weighted by Crippen LogP contribution is 2.77. The first-order chi connectivity index (χ1) is 33.1. The van der Waals surface area contributed by atoms with Crippen molar-refractivity contribution in [2.24, 2.45) is 0 Å². The van der Waals surface area contributed by atoms with E-state index in [1.807, 2.05) is 0 Å². The lowest BCUT2D eigenvalue weighted by Crippen LogP contribution is -2.49. The van der Waals surface area contributed by atoms with Gasteiger partial charge in [0.05, 0.1) is 115 Å². The zero-order valence-electron chi connectivity index (χ0n) is 39.1. The summed E-state index contributed by atoms with van der Waals surface area (Å²) in [5.74, 6) is -14.9. The number of rotatable bonds is 2. The molecule has 0 N–H and O–H groups in total. The summed E-state index contributed by atoms with van der Waals surface area (Å²) in [6, 6.07) is 10.1. The van der Waals surface area contributed by atoms with Crippen molar-refractivity contribution in [2.75, 3.05) is 132 Å². The molecule has 4 heterocycles. The van der Waals surface area contributed by atoms with Gasteiger partial charge in [-0.3, -0.25) is 0 Å². The van der Waals surface area contributed by atoms with Gasteiger partial charge in [-0.1, -0.05) is 0 Å². The molecule has 1 saturated carbocycles. The normalized spacial score (nSPS) is 28.0. The highest BCUT2D eigenvalue weighted by atomic mass is 32.2. The summed E-state index contributed by atoms with van der Waals surface area (Å²) in [6.07, 6.45) is 0. The summed E-state index contributed by atoms with van der Waals surface area (Å²) in [7, 11) is 0. The van der Waals surface area contributed by atoms with Crippen LogP contribution in [0.3, 0.4) is 0 Å². The van der Waals surface area contributed by atoms with Crippen molar-refractivity contribution in [2.45, 2.75) is 55.0 Å². The largest absolute Gasteiger partial charge is 0.487 e. The zero-order chi connectivity index (χ0) is 48.9. The topological polar surface area (TPSA) is 111 Å². The average Bonchev–Trinajstić information content (AvgIpc) is 3.80. The molecule has 69 heavy (non-hydrogen) atoms. The Bertz CT molecular complexity index is 2150. The third-order valence-electron chi connectivity index (χ3n) is 12.7. The van der Waals surface area contributed by atoms with Crippen molar-refractivity contribution in [3.05, 3.63) is 81.0 Å². The van der Waals surface area contributed by atoms with Gasteiger partial charge in [0.2, 0.25) is 0 Å². The maximum Gasteiger partial charge on any atom is 0.380 e. The number of halogens is 6. The van der Waals surface area contributed by atoms with Crippen LogP contribution in [-0.2, 0) is 37.9 Å². The minimum Gasteiger partial charge on any atom is -0.487 e. The number of alkyl halides is 6. The van der Waals surface area contributed by atoms with E-state index in [1.165, 1.54) is 37.4 Å². The van der Waals surface area contributed by atoms with Crippen LogP contribution in [0.5, 0.6) is 23.0 Å². The van der Waals surface area contributed by atoms with Gasteiger partial charge in [0.25, 0.3) is 0 Å². The fourth-order valence-electron chi connectivity index (χ4n) is 9.20. The number of hydrogen-bond acceptors (Lipinski definition) is 14. The van der Waals surface area contributed by atoms with Crippen LogP contribution in [0.4, 0.5) is 26.3 Å². The van der Waals surface area contributed by atoms with E-state index in [-0.39, 0.29) is 75.1 Å². The monoisotopic (exact) mass is 1020 g/mol. The van der Waals surface area contributed by atoms with Gasteiger partial charge in [0.15, 0.2) is 23.0 Å². The Morgan fingerprint density at radius 3 is 0.913 bits per heavy atom. The molecule has 4 aliphatic heterocycles. The average molecular weight is 1020 g/mol. The molecule has 2 aromatic carbocycles. The number of thioether (sulfide) groups is 2. The van der Waals surface area contributed by atoms with Crippen molar-refractivity contribution in [3.8, 4) is 23.0 Å². The Balaban J connectivity index is 1.15. The minimum absolute atomic E-state index is 0.111. The molecule has 0 bridgehead atoms. The lowest BCUT2D eigenvalue weighted by atomic mass is 9.68. The number of benzene rings is 2. The second-order valence-electron chi connectivity index (χ2n) is 17.0. The van der Waals surface area contributed by atoms with Crippen LogP contribution in [0, 0.1) is 0 Å². The summed E-state index contributed by atoms with van der Waals surface area (Å²) in [5, 5.41) is 0. The molecule has 0 amide bonds. The number of ether oxygens (including phenoxy) is 12. The summed E-state index contributed by atoms with van der Waals surface area (Å²) in [4.78, 5) is 0.871. The van der Waals surface area contributed by atoms with Gasteiger partial charge < -0.3 is 56.8 Å². The van der Waals surface area contributed by atoms with E-state index in [2.05, 4.69) is 0 Å². The van der Waals surface area contributed by atoms with Gasteiger partial charge in [-0.2, -0.15) is 26.3 Å². The summed E-state index contributed by atoms with van der Waals surface area (Å²) >= 11 is 2.35. The van der Waals surface area contributed by atoms with E-state index in [0.717, 1.165) is 0 Å². The standard InChI is InChI=1S/C49H58F6O12S2/c1-31-39-41-42(48(52,53)49(54,55)47(41,50)51)40-32(2)44(34-6-8-36-38(30-34)67-28-24-63-20-16-59-12-10-57-14-18-61-22-26-65-36)69-46(40,4)45(39,3)68-43(31)33-5-7-35-37(29-33)66-27-23-62-19-15-58-11-9-56-13-17-60-21-25-64-35/h5-8,29-30H,9-28H2,1-4H3. The molecule has 12 nitrogen and oxygen atoms in total. The fraction of sp³-hybridized carbons (Fsp3) is 0.592. The third-order valence-corrected chi connectivity index (χ3v) is 16.3. The predicted molar refractivity (Wildman–Crippen MR) is 247 cm³/mol. The molecule has 380 valence electrons. The molecular weight excluding hydrogens is 959 g/mol. The van der Waals surface area contributed by atoms with Crippen LogP contribution in [0.1, 0.15) is 38.8 Å². The second kappa shape index (κ2) is 22.1. The smallest absolute Gasteiger partial charge is 0.380 e. The molecule has 2 aromatic rings. The number of hydrogen-bond donors (Lipinski definition) is 0. The highest BCUT2D eigenvalue weighted by Gasteiger charge is 2.84. The van der Waals surface area contributed by atoms with Crippen LogP contribution in [-0.4, -0.2) is 159 Å². The van der Waals surface area contributed by atoms with Crippen LogP contribution in [0.15, 0.2) is 69.8 Å². The Labute approximate surface area is 406 Å². The lowest BCUT2D eigenvalue weighted by Gasteiger charge is -2.48. The summed E-state index contributed by atoms with van der Waals surface area (Å²) in [5.41, 5.74) is -1.85. The number of fused-ring (bicyclic) bond motifs is 6. The molecule has 20 heteroatoms. The van der Waals surface area contributed by atoms with Crippen LogP contribution in [0.2, 0.25) is 0 Å². The number of allylic oxidation sites excluding steroid dienone is 4. The molecule has 2 atom stereocenters. The Kier molecular flexibility index (Phi) is 16.6. The molecular formula is C49H58F6O12S2. The summed E-state index contributed by atoms with van der Waals surface area (Å²) in [6.45, 7) is 12.3. The highest BCUT2D eigenvalue weighted by molar-refractivity contribution is 8.14. The van der Waals surface area contributed by atoms with Gasteiger partial charge in [0.1, 0.15) is 26.4 Å². The van der Waals surface area contributed by atoms with Crippen LogP contribution < -0.4 is 18.9 Å². The van der Waals surface area contributed by atoms with E-state index in [4.69, 9.17) is 56.8 Å². The Hall–Kier alpha value is -3.44. The molecule has 6 aliphatic rings. The lowest BCUT2D eigenvalue weighted by molar-refractivity contribution is -0.258. The maximum absolute atomic E-state index is 16.6. The summed E-state index contributed by atoms with van der Waals surface area (Å²) < 4.78 is 164. The van der Waals surface area contributed by atoms with Gasteiger partial charge in [-0.05, 0) is 97.5 Å². The predicted octanol–water partition coefficient (Wildman–Crippen LogP) is 9.06. The van der Waals surface area contributed by atoms with Gasteiger partial charge in [-0.25, -0.2) is 0 Å². The molecule has 0 saturated heterocycles. The Morgan fingerprint density at radius 2 is 0.623 bits per heavy atom. The molecule has 2 unspecified atom stereocenters. The van der Waals surface area contributed by atoms with Crippen molar-refractivity contribution in [3.63, 3.8) is 0 Å². The molecule has 1 fully saturated rings. The SMILES string of the molecule is CC1=C(c2ccc3c(c2)OCCOCCOCCOCCOCCO3)SC2(C)C1=C1C(=C3C(C)=C(c4ccc5c(c4)OCCOCCOCCOCCOCCO5)SC32C)C(F)(F)C(F)(F)C1(F)F. The first-order valence-corrected chi connectivity index (χ1v) is 24.6. The fourth-order valence-corrected chi connectivity index (χ4v) is 12.6. The second-order valence-corrected chi connectivity index (χ2v) is 19.9. The Morgan fingerprint density at radius 1 is 0.362 bits per heavy atom. The van der Waals surface area contributed by atoms with E-state index in [9.17, 15) is 0 Å². The van der Waals surface area contributed by atoms with Crippen molar-refractivity contribution < 1.29 is 83.2 Å². The quantitative estimate of drug-likeness (QED) is 0.267. The molecule has 0 aromatic heterocycles. The van der Waals surface area contributed by atoms with E-state index in [0.29, 0.717) is 123 Å². The molecule has 2 aliphatic carbocycles. The van der Waals surface area contributed by atoms with Crippen molar-refractivity contribution in [1.29, 1.82) is 0 Å². The minimum atomic E-state index is -5.73. The van der Waals surface area contributed by atoms with Gasteiger partial charge >= 0.3 is 17.8 Å². The van der Waals surface area contributed by atoms with Crippen LogP contribution >= 0.6 is 23.5 Å². The van der Waals surface area contributed by atoms with E-state index >= 15 is 26.3 Å². The van der Waals surface area contributed by atoms with Gasteiger partial charge in [-0.15, -0.1) is 23.5 Å². The first kappa shape index (κ1) is 51.9. The van der Waals surface area contributed by atoms with Crippen molar-refractivity contribution in [1.82, 2.24) is 0 Å². The zero-order valence-corrected chi connectivity index (χ0v) is 40.7. The first-order valence-electron chi connectivity index (χ1n) is 23.0. The third kappa shape index (κ3) is 10.2. The van der Waals surface area contributed by atoms with Crippen LogP contribution in [0.25, 0.3) is 9.81 Å². The molecule has 0 spiro atoms. The molecule has 0 radical (unpaired) electrons. The van der Waals surface area contributed by atoms with E-state index in [1.54, 1.807) is 50.2 Å². The van der Waals surface area contributed by atoms with Crippen molar-refractivity contribution >= 4 is 33.3 Å². The maximum atomic E-state index is 16.6. The van der Waals surface area contributed by atoms with E-state index < -0.39 is 38.4 Å². The van der Waals surface area contributed by atoms with Gasteiger partial charge in [0, 0.05) is 21.0 Å². The molecule has 8 rings (SSSR count).